The summed E-state index contributed by atoms with van der Waals surface area (Å²) in [4.78, 5) is 12.5. The summed E-state index contributed by atoms with van der Waals surface area (Å²) < 4.78 is 5.65. The maximum Gasteiger partial charge on any atom is 0.263 e. The number of aryl methyl sites for hydroxylation is 1. The molecule has 5 heteroatoms. The lowest BCUT2D eigenvalue weighted by molar-refractivity contribution is -0.117. The zero-order valence-corrected chi connectivity index (χ0v) is 16.0. The van der Waals surface area contributed by atoms with Crippen molar-refractivity contribution < 1.29 is 9.53 Å². The number of amides is 1. The largest absolute Gasteiger partial charge is 0.494 e. The SMILES string of the molecule is CCOc1ccc(C)cc1C(C)NC(=O)/C(C#N)=C\NCc1ccccc1. The normalized spacial score (nSPS) is 12.0. The van der Waals surface area contributed by atoms with Crippen LogP contribution in [0.1, 0.15) is 36.6 Å². The van der Waals surface area contributed by atoms with E-state index in [1.807, 2.05) is 75.4 Å². The Hall–Kier alpha value is -3.26. The highest BCUT2D eigenvalue weighted by molar-refractivity contribution is 5.97. The van der Waals surface area contributed by atoms with E-state index in [2.05, 4.69) is 10.6 Å². The Labute approximate surface area is 160 Å². The average molecular weight is 363 g/mol. The van der Waals surface area contributed by atoms with E-state index >= 15 is 0 Å². The number of nitrogens with zero attached hydrogens (tertiary/aromatic N) is 1. The van der Waals surface area contributed by atoms with E-state index in [1.165, 1.54) is 6.20 Å². The van der Waals surface area contributed by atoms with Gasteiger partial charge >= 0.3 is 0 Å². The van der Waals surface area contributed by atoms with Crippen molar-refractivity contribution in [3.05, 3.63) is 77.0 Å². The fourth-order valence-electron chi connectivity index (χ4n) is 2.66. The van der Waals surface area contributed by atoms with Gasteiger partial charge in [-0.2, -0.15) is 5.26 Å². The summed E-state index contributed by atoms with van der Waals surface area (Å²) in [7, 11) is 0. The van der Waals surface area contributed by atoms with Crippen LogP contribution in [0.25, 0.3) is 0 Å². The molecule has 0 aliphatic heterocycles. The Bertz CT molecular complexity index is 838. The smallest absolute Gasteiger partial charge is 0.263 e. The van der Waals surface area contributed by atoms with E-state index in [-0.39, 0.29) is 11.6 Å². The van der Waals surface area contributed by atoms with Crippen LogP contribution in [-0.4, -0.2) is 12.5 Å². The minimum atomic E-state index is -0.422. The van der Waals surface area contributed by atoms with Crippen LogP contribution >= 0.6 is 0 Å². The number of carbonyl (C=O) groups excluding carboxylic acids is 1. The maximum atomic E-state index is 12.5. The summed E-state index contributed by atoms with van der Waals surface area (Å²) in [6.45, 7) is 6.87. The van der Waals surface area contributed by atoms with Crippen LogP contribution in [0.3, 0.4) is 0 Å². The zero-order valence-electron chi connectivity index (χ0n) is 16.0. The molecular weight excluding hydrogens is 338 g/mol. The number of hydrogen-bond donors (Lipinski definition) is 2. The van der Waals surface area contributed by atoms with E-state index in [0.717, 1.165) is 22.4 Å². The average Bonchev–Trinajstić information content (AvgIpc) is 2.67. The molecule has 1 unspecified atom stereocenters. The van der Waals surface area contributed by atoms with Crippen molar-refractivity contribution >= 4 is 5.91 Å². The monoisotopic (exact) mass is 363 g/mol. The Kier molecular flexibility index (Phi) is 7.45. The van der Waals surface area contributed by atoms with Gasteiger partial charge in [0.1, 0.15) is 17.4 Å². The van der Waals surface area contributed by atoms with Crippen molar-refractivity contribution in [1.29, 1.82) is 5.26 Å². The lowest BCUT2D eigenvalue weighted by Gasteiger charge is -2.18. The van der Waals surface area contributed by atoms with Crippen molar-refractivity contribution in [2.45, 2.75) is 33.4 Å². The molecule has 1 amide bonds. The standard InChI is InChI=1S/C22H25N3O2/c1-4-27-21-11-10-16(2)12-20(21)17(3)25-22(26)19(13-23)15-24-14-18-8-6-5-7-9-18/h5-12,15,17,24H,4,14H2,1-3H3,(H,25,26)/b19-15-. The second-order valence-corrected chi connectivity index (χ2v) is 6.21. The van der Waals surface area contributed by atoms with Crippen molar-refractivity contribution in [2.75, 3.05) is 6.61 Å². The molecule has 0 fully saturated rings. The van der Waals surface area contributed by atoms with Gasteiger partial charge in [0.25, 0.3) is 5.91 Å². The van der Waals surface area contributed by atoms with Gasteiger partial charge in [-0.05, 0) is 32.4 Å². The van der Waals surface area contributed by atoms with Crippen LogP contribution in [0.4, 0.5) is 0 Å². The third kappa shape index (κ3) is 5.89. The number of nitriles is 1. The summed E-state index contributed by atoms with van der Waals surface area (Å²) in [6.07, 6.45) is 1.45. The summed E-state index contributed by atoms with van der Waals surface area (Å²) in [5, 5.41) is 15.2. The van der Waals surface area contributed by atoms with E-state index in [0.29, 0.717) is 13.2 Å². The van der Waals surface area contributed by atoms with Gasteiger partial charge in [-0.1, -0.05) is 48.0 Å². The Morgan fingerprint density at radius 1 is 1.26 bits per heavy atom. The quantitative estimate of drug-likeness (QED) is 0.553. The van der Waals surface area contributed by atoms with E-state index in [1.54, 1.807) is 0 Å². The lowest BCUT2D eigenvalue weighted by atomic mass is 10.0. The van der Waals surface area contributed by atoms with Gasteiger partial charge in [0.05, 0.1) is 12.6 Å². The van der Waals surface area contributed by atoms with E-state index in [9.17, 15) is 10.1 Å². The molecule has 0 radical (unpaired) electrons. The predicted molar refractivity (Wildman–Crippen MR) is 106 cm³/mol. The summed E-state index contributed by atoms with van der Waals surface area (Å²) in [5.74, 6) is 0.315. The molecule has 0 aromatic heterocycles. The topological polar surface area (TPSA) is 74.1 Å². The minimum Gasteiger partial charge on any atom is -0.494 e. The van der Waals surface area contributed by atoms with Crippen molar-refractivity contribution in [2.24, 2.45) is 0 Å². The Morgan fingerprint density at radius 2 is 2.00 bits per heavy atom. The Morgan fingerprint density at radius 3 is 2.67 bits per heavy atom. The van der Waals surface area contributed by atoms with E-state index in [4.69, 9.17) is 4.74 Å². The first-order valence-electron chi connectivity index (χ1n) is 8.97. The molecule has 27 heavy (non-hydrogen) atoms. The number of nitrogens with one attached hydrogen (secondary N) is 2. The van der Waals surface area contributed by atoms with Crippen LogP contribution in [0.15, 0.2) is 60.3 Å². The van der Waals surface area contributed by atoms with Crippen molar-refractivity contribution in [1.82, 2.24) is 10.6 Å². The maximum absolute atomic E-state index is 12.5. The molecule has 0 aliphatic carbocycles. The fourth-order valence-corrected chi connectivity index (χ4v) is 2.66. The second kappa shape index (κ2) is 10.0. The van der Waals surface area contributed by atoms with Gasteiger partial charge in [-0.25, -0.2) is 0 Å². The van der Waals surface area contributed by atoms with E-state index < -0.39 is 5.91 Å². The first-order valence-corrected chi connectivity index (χ1v) is 8.97. The van der Waals surface area contributed by atoms with Crippen LogP contribution < -0.4 is 15.4 Å². The highest BCUT2D eigenvalue weighted by Gasteiger charge is 2.17. The number of carbonyl (C=O) groups is 1. The zero-order chi connectivity index (χ0) is 19.6. The highest BCUT2D eigenvalue weighted by atomic mass is 16.5. The molecule has 2 N–H and O–H groups in total. The van der Waals surface area contributed by atoms with Gasteiger partial charge in [0.2, 0.25) is 0 Å². The molecule has 0 heterocycles. The number of ether oxygens (including phenoxy) is 1. The van der Waals surface area contributed by atoms with Crippen LogP contribution in [-0.2, 0) is 11.3 Å². The van der Waals surface area contributed by atoms with Crippen LogP contribution in [0.5, 0.6) is 5.75 Å². The van der Waals surface area contributed by atoms with Gasteiger partial charge < -0.3 is 15.4 Å². The molecule has 0 saturated carbocycles. The molecule has 2 aromatic carbocycles. The summed E-state index contributed by atoms with van der Waals surface area (Å²) in [5.41, 5.74) is 3.07. The molecule has 0 aliphatic rings. The van der Waals surface area contributed by atoms with Gasteiger partial charge in [0, 0.05) is 18.3 Å². The third-order valence-electron chi connectivity index (χ3n) is 4.04. The first kappa shape index (κ1) is 20.1. The molecular formula is C22H25N3O2. The molecule has 2 aromatic rings. The van der Waals surface area contributed by atoms with Crippen molar-refractivity contribution in [3.63, 3.8) is 0 Å². The lowest BCUT2D eigenvalue weighted by Crippen LogP contribution is -2.29. The van der Waals surface area contributed by atoms with Gasteiger partial charge in [0.15, 0.2) is 0 Å². The van der Waals surface area contributed by atoms with Gasteiger partial charge in [-0.15, -0.1) is 0 Å². The molecule has 5 nitrogen and oxygen atoms in total. The van der Waals surface area contributed by atoms with Crippen LogP contribution in [0.2, 0.25) is 0 Å². The molecule has 0 saturated heterocycles. The van der Waals surface area contributed by atoms with Gasteiger partial charge in [-0.3, -0.25) is 4.79 Å². The first-order chi connectivity index (χ1) is 13.0. The summed E-state index contributed by atoms with van der Waals surface area (Å²) >= 11 is 0. The number of benzene rings is 2. The second-order valence-electron chi connectivity index (χ2n) is 6.21. The number of rotatable bonds is 8. The third-order valence-corrected chi connectivity index (χ3v) is 4.04. The number of hydrogen-bond acceptors (Lipinski definition) is 4. The van der Waals surface area contributed by atoms with Crippen molar-refractivity contribution in [3.8, 4) is 11.8 Å². The molecule has 0 spiro atoms. The summed E-state index contributed by atoms with van der Waals surface area (Å²) in [6, 6.07) is 17.3. The van der Waals surface area contributed by atoms with Crippen LogP contribution in [0, 0.1) is 18.3 Å². The minimum absolute atomic E-state index is 0.0309. The molecule has 1 atom stereocenters. The molecule has 2 rings (SSSR count). The predicted octanol–water partition coefficient (Wildman–Crippen LogP) is 3.77. The highest BCUT2D eigenvalue weighted by Crippen LogP contribution is 2.26. The molecule has 140 valence electrons. The Balaban J connectivity index is 2.04. The fraction of sp³-hybridized carbons (Fsp3) is 0.273. The molecule has 0 bridgehead atoms.